The highest BCUT2D eigenvalue weighted by molar-refractivity contribution is 5.20. The van der Waals surface area contributed by atoms with Crippen LogP contribution in [0.4, 0.5) is 4.39 Å². The molecule has 15 heavy (non-hydrogen) atoms. The Morgan fingerprint density at radius 2 is 2.20 bits per heavy atom. The summed E-state index contributed by atoms with van der Waals surface area (Å²) in [4.78, 5) is 2.16. The predicted octanol–water partition coefficient (Wildman–Crippen LogP) is 2.17. The van der Waals surface area contributed by atoms with Crippen molar-refractivity contribution in [2.45, 2.75) is 19.4 Å². The SMILES string of the molecule is CCC(c1cccc(F)c1)N(C)CCN. The third kappa shape index (κ3) is 3.29. The van der Waals surface area contributed by atoms with E-state index in [0.717, 1.165) is 18.5 Å². The monoisotopic (exact) mass is 210 g/mol. The van der Waals surface area contributed by atoms with E-state index in [2.05, 4.69) is 11.8 Å². The van der Waals surface area contributed by atoms with Gasteiger partial charge in [-0.2, -0.15) is 0 Å². The summed E-state index contributed by atoms with van der Waals surface area (Å²) in [5.41, 5.74) is 6.54. The van der Waals surface area contributed by atoms with Crippen LogP contribution in [0.5, 0.6) is 0 Å². The van der Waals surface area contributed by atoms with E-state index in [4.69, 9.17) is 5.73 Å². The minimum absolute atomic E-state index is 0.174. The molecule has 2 nitrogen and oxygen atoms in total. The molecular formula is C12H19FN2. The number of hydrogen-bond acceptors (Lipinski definition) is 2. The Hall–Kier alpha value is -0.930. The van der Waals surface area contributed by atoms with E-state index in [9.17, 15) is 4.39 Å². The second-order valence-corrected chi connectivity index (χ2v) is 3.75. The lowest BCUT2D eigenvalue weighted by Gasteiger charge is -2.27. The third-order valence-corrected chi connectivity index (χ3v) is 2.63. The summed E-state index contributed by atoms with van der Waals surface area (Å²) in [5, 5.41) is 0. The highest BCUT2D eigenvalue weighted by Gasteiger charge is 2.14. The average Bonchev–Trinajstić information content (AvgIpc) is 2.19. The minimum atomic E-state index is -0.174. The van der Waals surface area contributed by atoms with Gasteiger partial charge in [-0.3, -0.25) is 4.90 Å². The normalized spacial score (nSPS) is 13.1. The van der Waals surface area contributed by atoms with Gasteiger partial charge < -0.3 is 5.73 Å². The lowest BCUT2D eigenvalue weighted by atomic mass is 10.0. The Morgan fingerprint density at radius 1 is 1.47 bits per heavy atom. The van der Waals surface area contributed by atoms with E-state index in [-0.39, 0.29) is 11.9 Å². The van der Waals surface area contributed by atoms with Crippen LogP contribution in [0.15, 0.2) is 24.3 Å². The maximum Gasteiger partial charge on any atom is 0.123 e. The fraction of sp³-hybridized carbons (Fsp3) is 0.500. The lowest BCUT2D eigenvalue weighted by molar-refractivity contribution is 0.245. The van der Waals surface area contributed by atoms with Crippen LogP contribution in [0.1, 0.15) is 24.9 Å². The molecule has 0 aliphatic rings. The van der Waals surface area contributed by atoms with Gasteiger partial charge in [0.05, 0.1) is 0 Å². The number of nitrogens with zero attached hydrogens (tertiary/aromatic N) is 1. The molecule has 1 atom stereocenters. The maximum atomic E-state index is 13.1. The highest BCUT2D eigenvalue weighted by Crippen LogP contribution is 2.22. The third-order valence-electron chi connectivity index (χ3n) is 2.63. The molecule has 0 fully saturated rings. The van der Waals surface area contributed by atoms with Crippen molar-refractivity contribution >= 4 is 0 Å². The Balaban J connectivity index is 2.82. The molecule has 3 heteroatoms. The molecule has 0 saturated carbocycles. The standard InChI is InChI=1S/C12H19FN2/c1-3-12(15(2)8-7-14)10-5-4-6-11(13)9-10/h4-6,9,12H,3,7-8,14H2,1-2H3. The van der Waals surface area contributed by atoms with Gasteiger partial charge in [0, 0.05) is 19.1 Å². The van der Waals surface area contributed by atoms with Gasteiger partial charge in [0.15, 0.2) is 0 Å². The van der Waals surface area contributed by atoms with E-state index < -0.39 is 0 Å². The average molecular weight is 210 g/mol. The zero-order chi connectivity index (χ0) is 11.3. The fourth-order valence-corrected chi connectivity index (χ4v) is 1.88. The number of nitrogens with two attached hydrogens (primary N) is 1. The molecule has 84 valence electrons. The fourth-order valence-electron chi connectivity index (χ4n) is 1.88. The molecule has 0 aliphatic carbocycles. The first-order valence-electron chi connectivity index (χ1n) is 5.34. The molecular weight excluding hydrogens is 191 g/mol. The van der Waals surface area contributed by atoms with Gasteiger partial charge in [-0.05, 0) is 31.2 Å². The van der Waals surface area contributed by atoms with Crippen molar-refractivity contribution in [2.75, 3.05) is 20.1 Å². The van der Waals surface area contributed by atoms with Gasteiger partial charge in [-0.25, -0.2) is 4.39 Å². The zero-order valence-electron chi connectivity index (χ0n) is 9.41. The Bertz CT molecular complexity index is 301. The van der Waals surface area contributed by atoms with Gasteiger partial charge in [0.25, 0.3) is 0 Å². The Labute approximate surface area is 90.9 Å². The van der Waals surface area contributed by atoms with Gasteiger partial charge in [0.1, 0.15) is 5.82 Å². The Morgan fingerprint density at radius 3 is 2.73 bits per heavy atom. The second kappa shape index (κ2) is 5.83. The molecule has 1 unspecified atom stereocenters. The molecule has 1 aromatic carbocycles. The van der Waals surface area contributed by atoms with Crippen molar-refractivity contribution in [3.63, 3.8) is 0 Å². The molecule has 2 N–H and O–H groups in total. The molecule has 0 aliphatic heterocycles. The van der Waals surface area contributed by atoms with Crippen LogP contribution in [0.3, 0.4) is 0 Å². The number of hydrogen-bond donors (Lipinski definition) is 1. The van der Waals surface area contributed by atoms with Crippen molar-refractivity contribution in [3.05, 3.63) is 35.6 Å². The summed E-state index contributed by atoms with van der Waals surface area (Å²) in [6, 6.07) is 7.04. The quantitative estimate of drug-likeness (QED) is 0.807. The van der Waals surface area contributed by atoms with Crippen LogP contribution in [0, 0.1) is 5.82 Å². The summed E-state index contributed by atoms with van der Waals surface area (Å²) >= 11 is 0. The van der Waals surface area contributed by atoms with Crippen molar-refractivity contribution < 1.29 is 4.39 Å². The predicted molar refractivity (Wildman–Crippen MR) is 61.1 cm³/mol. The van der Waals surface area contributed by atoms with Crippen molar-refractivity contribution in [3.8, 4) is 0 Å². The highest BCUT2D eigenvalue weighted by atomic mass is 19.1. The number of likely N-dealkylation sites (N-methyl/N-ethyl adjacent to an activating group) is 1. The maximum absolute atomic E-state index is 13.1. The Kier molecular flexibility index (Phi) is 4.72. The van der Waals surface area contributed by atoms with Crippen LogP contribution in [0.2, 0.25) is 0 Å². The van der Waals surface area contributed by atoms with Crippen LogP contribution in [-0.2, 0) is 0 Å². The van der Waals surface area contributed by atoms with E-state index in [1.807, 2.05) is 13.1 Å². The van der Waals surface area contributed by atoms with Gasteiger partial charge in [0.2, 0.25) is 0 Å². The van der Waals surface area contributed by atoms with Gasteiger partial charge in [-0.1, -0.05) is 19.1 Å². The molecule has 0 aromatic heterocycles. The van der Waals surface area contributed by atoms with Crippen LogP contribution >= 0.6 is 0 Å². The second-order valence-electron chi connectivity index (χ2n) is 3.75. The summed E-state index contributed by atoms with van der Waals surface area (Å²) in [6.07, 6.45) is 0.958. The number of benzene rings is 1. The molecule has 0 bridgehead atoms. The smallest absolute Gasteiger partial charge is 0.123 e. The number of halogens is 1. The van der Waals surface area contributed by atoms with Crippen LogP contribution in [0.25, 0.3) is 0 Å². The van der Waals surface area contributed by atoms with Crippen LogP contribution in [-0.4, -0.2) is 25.0 Å². The topological polar surface area (TPSA) is 29.3 Å². The summed E-state index contributed by atoms with van der Waals surface area (Å²) in [7, 11) is 2.02. The van der Waals surface area contributed by atoms with Crippen LogP contribution < -0.4 is 5.73 Å². The summed E-state index contributed by atoms with van der Waals surface area (Å²) in [6.45, 7) is 3.56. The van der Waals surface area contributed by atoms with Crippen molar-refractivity contribution in [1.29, 1.82) is 0 Å². The number of rotatable bonds is 5. The van der Waals surface area contributed by atoms with E-state index >= 15 is 0 Å². The summed E-state index contributed by atoms with van der Waals surface area (Å²) in [5.74, 6) is -0.174. The van der Waals surface area contributed by atoms with Gasteiger partial charge >= 0.3 is 0 Å². The van der Waals surface area contributed by atoms with E-state index in [1.165, 1.54) is 6.07 Å². The zero-order valence-corrected chi connectivity index (χ0v) is 9.41. The molecule has 0 amide bonds. The van der Waals surface area contributed by atoms with Crippen molar-refractivity contribution in [2.24, 2.45) is 5.73 Å². The first-order chi connectivity index (χ1) is 7.19. The lowest BCUT2D eigenvalue weighted by Crippen LogP contribution is -2.29. The minimum Gasteiger partial charge on any atom is -0.329 e. The molecule has 0 spiro atoms. The van der Waals surface area contributed by atoms with E-state index in [1.54, 1.807) is 12.1 Å². The summed E-state index contributed by atoms with van der Waals surface area (Å²) < 4.78 is 13.1. The molecule has 1 rings (SSSR count). The molecule has 0 saturated heterocycles. The van der Waals surface area contributed by atoms with E-state index in [0.29, 0.717) is 6.54 Å². The first-order valence-corrected chi connectivity index (χ1v) is 5.34. The van der Waals surface area contributed by atoms with Gasteiger partial charge in [-0.15, -0.1) is 0 Å². The molecule has 0 radical (unpaired) electrons. The molecule has 1 aromatic rings. The van der Waals surface area contributed by atoms with Crippen molar-refractivity contribution in [1.82, 2.24) is 4.90 Å². The largest absolute Gasteiger partial charge is 0.329 e. The molecule has 0 heterocycles. The first kappa shape index (κ1) is 12.1.